The van der Waals surface area contributed by atoms with Gasteiger partial charge in [0.25, 0.3) is 0 Å². The van der Waals surface area contributed by atoms with E-state index >= 15 is 0 Å². The number of aromatic carboxylic acids is 1. The minimum absolute atomic E-state index is 0. The molecule has 2 aliphatic rings. The molecule has 3 rings (SSSR count). The van der Waals surface area contributed by atoms with Gasteiger partial charge in [-0.2, -0.15) is 0 Å². The standard InChI is InChI=1S/C16H21NO4.ClH/c1-2-7-17-8-9-21-16(20)13-10-12(15(18)19)4-3-11(13)5-6-14(16)17;/h3-4,10,14,20H,2,5-9H2,1H3,(H,18,19);1H. The van der Waals surface area contributed by atoms with E-state index in [-0.39, 0.29) is 24.0 Å². The van der Waals surface area contributed by atoms with Crippen molar-refractivity contribution in [2.75, 3.05) is 19.7 Å². The molecule has 5 nitrogen and oxygen atoms in total. The molecule has 0 aromatic heterocycles. The van der Waals surface area contributed by atoms with Crippen LogP contribution in [0.25, 0.3) is 0 Å². The number of ether oxygens (including phenoxy) is 1. The minimum Gasteiger partial charge on any atom is -0.478 e. The molecule has 1 fully saturated rings. The summed E-state index contributed by atoms with van der Waals surface area (Å²) in [5.41, 5.74) is 1.80. The maximum atomic E-state index is 11.2. The molecule has 6 heteroatoms. The van der Waals surface area contributed by atoms with Crippen LogP contribution >= 0.6 is 12.4 Å². The Hall–Kier alpha value is -1.14. The summed E-state index contributed by atoms with van der Waals surface area (Å²) < 4.78 is 5.73. The topological polar surface area (TPSA) is 70.0 Å². The first-order valence-electron chi connectivity index (χ1n) is 7.53. The van der Waals surface area contributed by atoms with E-state index in [2.05, 4.69) is 11.8 Å². The minimum atomic E-state index is -1.38. The highest BCUT2D eigenvalue weighted by molar-refractivity contribution is 5.88. The molecular weight excluding hydrogens is 306 g/mol. The molecule has 1 aromatic rings. The van der Waals surface area contributed by atoms with E-state index in [4.69, 9.17) is 9.84 Å². The summed E-state index contributed by atoms with van der Waals surface area (Å²) in [6, 6.07) is 4.87. The van der Waals surface area contributed by atoms with Crippen molar-refractivity contribution in [1.29, 1.82) is 0 Å². The second-order valence-corrected chi connectivity index (χ2v) is 5.81. The van der Waals surface area contributed by atoms with Crippen LogP contribution in [0.5, 0.6) is 0 Å². The third-order valence-electron chi connectivity index (χ3n) is 4.53. The summed E-state index contributed by atoms with van der Waals surface area (Å²) >= 11 is 0. The van der Waals surface area contributed by atoms with Crippen molar-refractivity contribution in [3.8, 4) is 0 Å². The quantitative estimate of drug-likeness (QED) is 0.888. The summed E-state index contributed by atoms with van der Waals surface area (Å²) in [5, 5.41) is 20.3. The molecule has 2 unspecified atom stereocenters. The van der Waals surface area contributed by atoms with Gasteiger partial charge in [-0.3, -0.25) is 4.90 Å². The van der Waals surface area contributed by atoms with Gasteiger partial charge in [-0.15, -0.1) is 12.4 Å². The van der Waals surface area contributed by atoms with Crippen LogP contribution in [0.3, 0.4) is 0 Å². The number of aryl methyl sites for hydroxylation is 1. The number of fused-ring (bicyclic) bond motifs is 3. The Bertz CT molecular complexity index is 563. The summed E-state index contributed by atoms with van der Waals surface area (Å²) in [6.45, 7) is 4.32. The fourth-order valence-corrected chi connectivity index (χ4v) is 3.56. The lowest BCUT2D eigenvalue weighted by Gasteiger charge is -2.49. The predicted molar refractivity (Wildman–Crippen MR) is 84.5 cm³/mol. The van der Waals surface area contributed by atoms with E-state index in [1.807, 2.05) is 0 Å². The molecule has 1 saturated heterocycles. The normalized spacial score (nSPS) is 27.5. The van der Waals surface area contributed by atoms with Gasteiger partial charge >= 0.3 is 5.97 Å². The molecule has 1 aromatic carbocycles. The Morgan fingerprint density at radius 3 is 2.95 bits per heavy atom. The number of carboxylic acids is 1. The summed E-state index contributed by atoms with van der Waals surface area (Å²) in [7, 11) is 0. The van der Waals surface area contributed by atoms with Crippen molar-refractivity contribution >= 4 is 18.4 Å². The molecule has 0 amide bonds. The van der Waals surface area contributed by atoms with Gasteiger partial charge in [0, 0.05) is 12.1 Å². The maximum Gasteiger partial charge on any atom is 0.335 e. The molecule has 0 radical (unpaired) electrons. The van der Waals surface area contributed by atoms with Crippen molar-refractivity contribution < 1.29 is 19.7 Å². The monoisotopic (exact) mass is 327 g/mol. The van der Waals surface area contributed by atoms with Crippen LogP contribution in [0.15, 0.2) is 18.2 Å². The number of carbonyl (C=O) groups is 1. The van der Waals surface area contributed by atoms with Crippen LogP contribution in [0.2, 0.25) is 0 Å². The van der Waals surface area contributed by atoms with Gasteiger partial charge in [-0.1, -0.05) is 13.0 Å². The van der Waals surface area contributed by atoms with Crippen LogP contribution in [-0.2, 0) is 16.9 Å². The maximum absolute atomic E-state index is 11.2. The van der Waals surface area contributed by atoms with Gasteiger partial charge in [-0.05, 0) is 43.5 Å². The number of carboxylic acid groups (broad SMARTS) is 1. The highest BCUT2D eigenvalue weighted by Crippen LogP contribution is 2.41. The highest BCUT2D eigenvalue weighted by atomic mass is 35.5. The molecule has 2 N–H and O–H groups in total. The molecule has 0 bridgehead atoms. The first-order valence-corrected chi connectivity index (χ1v) is 7.53. The number of hydrogen-bond acceptors (Lipinski definition) is 4. The van der Waals surface area contributed by atoms with Crippen LogP contribution in [0.1, 0.15) is 41.3 Å². The van der Waals surface area contributed by atoms with E-state index in [1.165, 1.54) is 0 Å². The molecule has 2 atom stereocenters. The van der Waals surface area contributed by atoms with E-state index in [0.29, 0.717) is 12.2 Å². The molecular formula is C16H22ClNO4. The molecule has 1 heterocycles. The first kappa shape index (κ1) is 17.2. The molecule has 1 aliphatic carbocycles. The van der Waals surface area contributed by atoms with Crippen LogP contribution in [0.4, 0.5) is 0 Å². The molecule has 0 saturated carbocycles. The lowest BCUT2D eigenvalue weighted by molar-refractivity contribution is -0.283. The lowest BCUT2D eigenvalue weighted by Crippen LogP contribution is -2.60. The van der Waals surface area contributed by atoms with Gasteiger partial charge in [0.15, 0.2) is 0 Å². The van der Waals surface area contributed by atoms with Crippen LogP contribution in [-0.4, -0.2) is 46.8 Å². The van der Waals surface area contributed by atoms with Crippen molar-refractivity contribution in [3.05, 3.63) is 34.9 Å². The van der Waals surface area contributed by atoms with Crippen LogP contribution in [0, 0.1) is 0 Å². The Morgan fingerprint density at radius 1 is 1.50 bits per heavy atom. The number of nitrogens with zero attached hydrogens (tertiary/aromatic N) is 1. The first-order chi connectivity index (χ1) is 10.1. The van der Waals surface area contributed by atoms with Gasteiger partial charge in [0.1, 0.15) is 0 Å². The Labute approximate surface area is 136 Å². The lowest BCUT2D eigenvalue weighted by atomic mass is 9.80. The largest absolute Gasteiger partial charge is 0.478 e. The number of rotatable bonds is 3. The average molecular weight is 328 g/mol. The number of aliphatic hydroxyl groups is 1. The summed E-state index contributed by atoms with van der Waals surface area (Å²) in [5.74, 6) is -2.36. The SMILES string of the molecule is CCCN1CCOC2(O)c3cc(C(=O)O)ccc3CCC12.Cl. The number of morpholine rings is 1. The van der Waals surface area contributed by atoms with Gasteiger partial charge < -0.3 is 14.9 Å². The Balaban J connectivity index is 0.00000176. The van der Waals surface area contributed by atoms with E-state index in [1.54, 1.807) is 18.2 Å². The molecule has 1 aliphatic heterocycles. The zero-order valence-electron chi connectivity index (χ0n) is 12.6. The van der Waals surface area contributed by atoms with Crippen molar-refractivity contribution in [2.45, 2.75) is 38.0 Å². The zero-order chi connectivity index (χ0) is 15.0. The Kier molecular flexibility index (Phi) is 5.12. The van der Waals surface area contributed by atoms with Gasteiger partial charge in [0.2, 0.25) is 5.79 Å². The zero-order valence-corrected chi connectivity index (χ0v) is 13.4. The van der Waals surface area contributed by atoms with Crippen molar-refractivity contribution in [2.24, 2.45) is 0 Å². The summed E-state index contributed by atoms with van der Waals surface area (Å²) in [6.07, 6.45) is 2.69. The third-order valence-corrected chi connectivity index (χ3v) is 4.53. The second-order valence-electron chi connectivity index (χ2n) is 5.81. The molecule has 22 heavy (non-hydrogen) atoms. The average Bonchev–Trinajstić information content (AvgIpc) is 2.47. The molecule has 122 valence electrons. The summed E-state index contributed by atoms with van der Waals surface area (Å²) in [4.78, 5) is 13.4. The van der Waals surface area contributed by atoms with Gasteiger partial charge in [0.05, 0.1) is 18.2 Å². The smallest absolute Gasteiger partial charge is 0.335 e. The fourth-order valence-electron chi connectivity index (χ4n) is 3.56. The fraction of sp³-hybridized carbons (Fsp3) is 0.562. The van der Waals surface area contributed by atoms with Gasteiger partial charge in [-0.25, -0.2) is 4.79 Å². The van der Waals surface area contributed by atoms with E-state index < -0.39 is 11.8 Å². The number of halogens is 1. The van der Waals surface area contributed by atoms with Crippen LogP contribution < -0.4 is 0 Å². The number of hydrogen-bond donors (Lipinski definition) is 2. The molecule has 0 spiro atoms. The van der Waals surface area contributed by atoms with E-state index in [0.717, 1.165) is 37.9 Å². The van der Waals surface area contributed by atoms with E-state index in [9.17, 15) is 9.90 Å². The second kappa shape index (κ2) is 6.54. The third kappa shape index (κ3) is 2.74. The van der Waals surface area contributed by atoms with Crippen molar-refractivity contribution in [1.82, 2.24) is 4.90 Å². The Morgan fingerprint density at radius 2 is 2.27 bits per heavy atom. The highest BCUT2D eigenvalue weighted by Gasteiger charge is 2.49. The number of benzene rings is 1. The predicted octanol–water partition coefficient (Wildman–Crippen LogP) is 2.01. The van der Waals surface area contributed by atoms with Crippen molar-refractivity contribution in [3.63, 3.8) is 0 Å².